The number of fused-ring (bicyclic) bond motifs is 3. The van der Waals surface area contributed by atoms with Crippen LogP contribution in [0.25, 0.3) is 11.1 Å². The van der Waals surface area contributed by atoms with Crippen molar-refractivity contribution >= 4 is 21.8 Å². The molecule has 4 heterocycles. The predicted octanol–water partition coefficient (Wildman–Crippen LogP) is 4.17. The third-order valence-corrected chi connectivity index (χ3v) is 8.33. The van der Waals surface area contributed by atoms with E-state index in [1.165, 1.54) is 0 Å². The average Bonchev–Trinajstić information content (AvgIpc) is 3.41. The lowest BCUT2D eigenvalue weighted by Gasteiger charge is -2.17. The lowest BCUT2D eigenvalue weighted by molar-refractivity contribution is -0.193. The van der Waals surface area contributed by atoms with Crippen LogP contribution in [0.2, 0.25) is 0 Å². The number of carboxylic acid groups (broad SMARTS) is 2. The summed E-state index contributed by atoms with van der Waals surface area (Å²) in [7, 11) is -3.28. The van der Waals surface area contributed by atoms with Crippen LogP contribution in [0.4, 0.5) is 26.3 Å². The summed E-state index contributed by atoms with van der Waals surface area (Å²) in [4.78, 5) is 28.9. The van der Waals surface area contributed by atoms with Crippen LogP contribution < -0.4 is 0 Å². The van der Waals surface area contributed by atoms with Crippen LogP contribution in [0, 0.1) is 0 Å². The molecule has 2 aliphatic heterocycles. The van der Waals surface area contributed by atoms with Crippen LogP contribution >= 0.6 is 0 Å². The first-order chi connectivity index (χ1) is 19.0. The van der Waals surface area contributed by atoms with Gasteiger partial charge >= 0.3 is 24.3 Å². The van der Waals surface area contributed by atoms with Crippen LogP contribution in [-0.2, 0) is 26.0 Å². The van der Waals surface area contributed by atoms with Gasteiger partial charge in [-0.25, -0.2) is 18.0 Å². The number of carboxylic acids is 2. The second-order valence-corrected chi connectivity index (χ2v) is 10.9. The molecule has 1 aromatic carbocycles. The van der Waals surface area contributed by atoms with Gasteiger partial charge < -0.3 is 10.2 Å². The number of carbonyl (C=O) groups is 2. The van der Waals surface area contributed by atoms with E-state index in [-0.39, 0.29) is 11.2 Å². The molecule has 220 valence electrons. The van der Waals surface area contributed by atoms with Gasteiger partial charge in [0.05, 0.1) is 15.8 Å². The van der Waals surface area contributed by atoms with Crippen molar-refractivity contribution < 1.29 is 54.6 Å². The molecule has 2 aromatic heterocycles. The summed E-state index contributed by atoms with van der Waals surface area (Å²) in [5.41, 5.74) is 4.02. The first-order valence-electron chi connectivity index (χ1n) is 11.5. The zero-order valence-corrected chi connectivity index (χ0v) is 21.5. The molecule has 1 fully saturated rings. The first-order valence-corrected chi connectivity index (χ1v) is 13.1. The van der Waals surface area contributed by atoms with Crippen LogP contribution in [0.3, 0.4) is 0 Å². The summed E-state index contributed by atoms with van der Waals surface area (Å²) in [6.07, 6.45) is -4.88. The number of nitrogens with zero attached hydrogens (tertiary/aromatic N) is 3. The minimum Gasteiger partial charge on any atom is -0.475 e. The van der Waals surface area contributed by atoms with Gasteiger partial charge in [0.2, 0.25) is 0 Å². The number of alkyl halides is 6. The highest BCUT2D eigenvalue weighted by molar-refractivity contribution is 7.92. The van der Waals surface area contributed by atoms with E-state index < -0.39 is 34.1 Å². The summed E-state index contributed by atoms with van der Waals surface area (Å²) >= 11 is 0. The van der Waals surface area contributed by atoms with Gasteiger partial charge in [-0.2, -0.15) is 26.3 Å². The molecule has 9 nitrogen and oxygen atoms in total. The Kier molecular flexibility index (Phi) is 9.38. The molecule has 2 N–H and O–H groups in total. The smallest absolute Gasteiger partial charge is 0.475 e. The molecule has 0 radical (unpaired) electrons. The minimum atomic E-state index is -5.08. The Morgan fingerprint density at radius 1 is 0.854 bits per heavy atom. The van der Waals surface area contributed by atoms with E-state index in [1.807, 2.05) is 36.4 Å². The number of sulfone groups is 1. The summed E-state index contributed by atoms with van der Waals surface area (Å²) in [6.45, 7) is 1.98. The van der Waals surface area contributed by atoms with Gasteiger partial charge in [0.1, 0.15) is 0 Å². The number of halogens is 6. The summed E-state index contributed by atoms with van der Waals surface area (Å²) in [5, 5.41) is 13.9. The molecule has 2 aliphatic rings. The number of benzene rings is 1. The van der Waals surface area contributed by atoms with Crippen molar-refractivity contribution in [2.75, 3.05) is 13.1 Å². The zero-order chi connectivity index (χ0) is 30.6. The van der Waals surface area contributed by atoms with E-state index in [1.54, 1.807) is 24.7 Å². The average molecular weight is 606 g/mol. The van der Waals surface area contributed by atoms with Crippen molar-refractivity contribution in [2.24, 2.45) is 0 Å². The summed E-state index contributed by atoms with van der Waals surface area (Å²) in [5.74, 6) is -5.49. The fourth-order valence-corrected chi connectivity index (χ4v) is 6.49. The largest absolute Gasteiger partial charge is 0.490 e. The highest BCUT2D eigenvalue weighted by Crippen LogP contribution is 2.46. The van der Waals surface area contributed by atoms with Crippen molar-refractivity contribution in [3.63, 3.8) is 0 Å². The molecular formula is C25H21F6N3O6S. The lowest BCUT2D eigenvalue weighted by Crippen LogP contribution is -2.26. The number of hydrogen-bond acceptors (Lipinski definition) is 7. The van der Waals surface area contributed by atoms with Gasteiger partial charge in [-0.05, 0) is 53.1 Å². The standard InChI is InChI=1S/C21H19N3O2S.2C2HF3O2/c25-27(26)20-5-4-16(15-6-9-22-10-7-15)11-18(20)19-13-24(14-21(19)27)12-17-3-1-2-8-23-17;2*3-2(4,5)1(6)7/h1-11,19,21H,12-14H2;2*(H,6,7). The van der Waals surface area contributed by atoms with E-state index in [9.17, 15) is 34.8 Å². The molecule has 0 saturated carbocycles. The maximum Gasteiger partial charge on any atom is 0.490 e. The van der Waals surface area contributed by atoms with Crippen LogP contribution in [0.5, 0.6) is 0 Å². The molecule has 3 aromatic rings. The fraction of sp³-hybridized carbons (Fsp3) is 0.280. The SMILES string of the molecule is O=C(O)C(F)(F)F.O=C(O)C(F)(F)F.O=S1(=O)c2ccc(-c3ccncc3)cc2C2CN(Cc3ccccn3)CC21. The second kappa shape index (κ2) is 12.2. The number of pyridine rings is 2. The summed E-state index contributed by atoms with van der Waals surface area (Å²) < 4.78 is 89.6. The maximum atomic E-state index is 13.1. The van der Waals surface area contributed by atoms with Gasteiger partial charge in [-0.1, -0.05) is 12.1 Å². The molecule has 0 amide bonds. The first kappa shape index (κ1) is 31.5. The second-order valence-electron chi connectivity index (χ2n) is 8.80. The Morgan fingerprint density at radius 2 is 1.44 bits per heavy atom. The molecule has 0 bridgehead atoms. The normalized spacial score (nSPS) is 19.1. The van der Waals surface area contributed by atoms with Crippen molar-refractivity contribution in [1.82, 2.24) is 14.9 Å². The van der Waals surface area contributed by atoms with Crippen LogP contribution in [0.1, 0.15) is 17.2 Å². The molecular weight excluding hydrogens is 584 g/mol. The van der Waals surface area contributed by atoms with E-state index in [0.29, 0.717) is 18.0 Å². The Balaban J connectivity index is 0.000000276. The van der Waals surface area contributed by atoms with Crippen LogP contribution in [0.15, 0.2) is 72.0 Å². The van der Waals surface area contributed by atoms with Gasteiger partial charge in [0, 0.05) is 44.1 Å². The van der Waals surface area contributed by atoms with E-state index in [2.05, 4.69) is 20.9 Å². The molecule has 2 atom stereocenters. The van der Waals surface area contributed by atoms with Crippen molar-refractivity contribution in [3.8, 4) is 11.1 Å². The van der Waals surface area contributed by atoms with Crippen molar-refractivity contribution in [1.29, 1.82) is 0 Å². The molecule has 16 heteroatoms. The van der Waals surface area contributed by atoms with E-state index >= 15 is 0 Å². The van der Waals surface area contributed by atoms with Crippen molar-refractivity contribution in [2.45, 2.75) is 35.0 Å². The number of likely N-dealkylation sites (tertiary alicyclic amines) is 1. The third-order valence-electron chi connectivity index (χ3n) is 6.07. The Labute approximate surface area is 229 Å². The van der Waals surface area contributed by atoms with Crippen LogP contribution in [-0.4, -0.2) is 76.1 Å². The lowest BCUT2D eigenvalue weighted by atomic mass is 9.95. The fourth-order valence-electron chi connectivity index (χ4n) is 4.30. The monoisotopic (exact) mass is 605 g/mol. The quantitative estimate of drug-likeness (QED) is 0.422. The van der Waals surface area contributed by atoms with Gasteiger partial charge in [0.25, 0.3) is 0 Å². The summed E-state index contributed by atoms with van der Waals surface area (Å²) in [6, 6.07) is 15.5. The Morgan fingerprint density at radius 3 is 1.95 bits per heavy atom. The predicted molar refractivity (Wildman–Crippen MR) is 130 cm³/mol. The maximum absolute atomic E-state index is 13.1. The third kappa shape index (κ3) is 7.79. The highest BCUT2D eigenvalue weighted by atomic mass is 32.2. The molecule has 41 heavy (non-hydrogen) atoms. The number of aromatic nitrogens is 2. The highest BCUT2D eigenvalue weighted by Gasteiger charge is 2.50. The van der Waals surface area contributed by atoms with E-state index in [0.717, 1.165) is 28.9 Å². The molecule has 0 aliphatic carbocycles. The molecule has 2 unspecified atom stereocenters. The topological polar surface area (TPSA) is 138 Å². The van der Waals surface area contributed by atoms with E-state index in [4.69, 9.17) is 19.8 Å². The Bertz CT molecular complexity index is 1460. The molecule has 5 rings (SSSR count). The number of rotatable bonds is 3. The molecule has 1 saturated heterocycles. The number of aliphatic carboxylic acids is 2. The van der Waals surface area contributed by atoms with Gasteiger partial charge in [-0.3, -0.25) is 14.9 Å². The zero-order valence-electron chi connectivity index (χ0n) is 20.7. The number of hydrogen-bond donors (Lipinski definition) is 2. The minimum absolute atomic E-state index is 0.0236. The van der Waals surface area contributed by atoms with Gasteiger partial charge in [0.15, 0.2) is 9.84 Å². The Hall–Kier alpha value is -4.05. The van der Waals surface area contributed by atoms with Crippen molar-refractivity contribution in [3.05, 3.63) is 78.4 Å². The van der Waals surface area contributed by atoms with Gasteiger partial charge in [-0.15, -0.1) is 0 Å². The molecule has 0 spiro atoms.